The van der Waals surface area contributed by atoms with Gasteiger partial charge in [0.1, 0.15) is 11.3 Å². The summed E-state index contributed by atoms with van der Waals surface area (Å²) in [6, 6.07) is 3.97. The van der Waals surface area contributed by atoms with Crippen molar-refractivity contribution in [2.24, 2.45) is 0 Å². The van der Waals surface area contributed by atoms with Gasteiger partial charge in [0.2, 0.25) is 0 Å². The molecule has 1 aromatic heterocycles. The van der Waals surface area contributed by atoms with E-state index in [4.69, 9.17) is 16.0 Å². The van der Waals surface area contributed by atoms with E-state index in [1.165, 1.54) is 5.56 Å². The second kappa shape index (κ2) is 5.18. The fourth-order valence-corrected chi connectivity index (χ4v) is 2.83. The first-order valence-corrected chi connectivity index (χ1v) is 7.15. The molecule has 0 spiro atoms. The van der Waals surface area contributed by atoms with Crippen molar-refractivity contribution in [2.75, 3.05) is 6.54 Å². The molecule has 0 aliphatic rings. The van der Waals surface area contributed by atoms with Gasteiger partial charge in [-0.05, 0) is 36.6 Å². The van der Waals surface area contributed by atoms with Gasteiger partial charge in [0, 0.05) is 16.0 Å². The van der Waals surface area contributed by atoms with Crippen LogP contribution in [0.5, 0.6) is 0 Å². The van der Waals surface area contributed by atoms with E-state index in [1.54, 1.807) is 0 Å². The van der Waals surface area contributed by atoms with Crippen molar-refractivity contribution < 1.29 is 4.42 Å². The molecule has 0 amide bonds. The molecule has 0 unspecified atom stereocenters. The van der Waals surface area contributed by atoms with Crippen LogP contribution in [0.3, 0.4) is 0 Å². The van der Waals surface area contributed by atoms with E-state index >= 15 is 0 Å². The maximum absolute atomic E-state index is 6.20. The van der Waals surface area contributed by atoms with Crippen LogP contribution in [0.1, 0.15) is 44.6 Å². The zero-order chi connectivity index (χ0) is 14.2. The van der Waals surface area contributed by atoms with Crippen LogP contribution in [0.15, 0.2) is 16.5 Å². The van der Waals surface area contributed by atoms with E-state index in [0.717, 1.165) is 40.4 Å². The van der Waals surface area contributed by atoms with Gasteiger partial charge in [-0.1, -0.05) is 39.3 Å². The summed E-state index contributed by atoms with van der Waals surface area (Å²) >= 11 is 6.20. The van der Waals surface area contributed by atoms with E-state index < -0.39 is 0 Å². The summed E-state index contributed by atoms with van der Waals surface area (Å²) < 4.78 is 6.09. The normalized spacial score (nSPS) is 12.3. The molecule has 19 heavy (non-hydrogen) atoms. The molecule has 0 saturated carbocycles. The highest BCUT2D eigenvalue weighted by Crippen LogP contribution is 2.38. The second-order valence-corrected chi connectivity index (χ2v) is 6.47. The Hall–Kier alpha value is -0.990. The van der Waals surface area contributed by atoms with Gasteiger partial charge in [0.25, 0.3) is 0 Å². The van der Waals surface area contributed by atoms with Crippen LogP contribution >= 0.6 is 11.6 Å². The minimum absolute atomic E-state index is 0.0348. The maximum Gasteiger partial charge on any atom is 0.137 e. The first-order valence-electron chi connectivity index (χ1n) is 6.77. The minimum Gasteiger partial charge on any atom is -0.459 e. The van der Waals surface area contributed by atoms with Gasteiger partial charge in [-0.15, -0.1) is 0 Å². The van der Waals surface area contributed by atoms with Gasteiger partial charge in [0.05, 0.1) is 6.54 Å². The van der Waals surface area contributed by atoms with E-state index in [-0.39, 0.29) is 5.41 Å². The van der Waals surface area contributed by atoms with Crippen LogP contribution in [0, 0.1) is 6.92 Å². The third kappa shape index (κ3) is 2.80. The molecule has 1 aromatic carbocycles. The lowest BCUT2D eigenvalue weighted by Gasteiger charge is -2.19. The molecule has 0 aliphatic heterocycles. The zero-order valence-electron chi connectivity index (χ0n) is 12.4. The third-order valence-corrected chi connectivity index (χ3v) is 3.52. The Balaban J connectivity index is 2.70. The molecule has 2 aromatic rings. The Morgan fingerprint density at radius 1 is 1.26 bits per heavy atom. The molecule has 1 heterocycles. The first kappa shape index (κ1) is 14.4. The van der Waals surface area contributed by atoms with Crippen molar-refractivity contribution in [3.05, 3.63) is 34.0 Å². The second-order valence-electron chi connectivity index (χ2n) is 6.03. The van der Waals surface area contributed by atoms with Gasteiger partial charge >= 0.3 is 0 Å². The summed E-state index contributed by atoms with van der Waals surface area (Å²) in [5.74, 6) is 1.02. The van der Waals surface area contributed by atoms with Crippen molar-refractivity contribution in [2.45, 2.75) is 46.6 Å². The predicted octanol–water partition coefficient (Wildman–Crippen LogP) is 4.80. The topological polar surface area (TPSA) is 25.2 Å². The lowest BCUT2D eigenvalue weighted by atomic mass is 9.84. The van der Waals surface area contributed by atoms with E-state index in [1.807, 2.05) is 19.1 Å². The van der Waals surface area contributed by atoms with Crippen LogP contribution in [0.4, 0.5) is 0 Å². The summed E-state index contributed by atoms with van der Waals surface area (Å²) in [7, 11) is 0. The molecule has 0 saturated heterocycles. The van der Waals surface area contributed by atoms with Crippen LogP contribution in [-0.4, -0.2) is 6.54 Å². The highest BCUT2D eigenvalue weighted by molar-refractivity contribution is 6.31. The van der Waals surface area contributed by atoms with Gasteiger partial charge in [-0.3, -0.25) is 0 Å². The Labute approximate surface area is 120 Å². The molecule has 2 nitrogen and oxygen atoms in total. The number of benzene rings is 1. The highest BCUT2D eigenvalue weighted by atomic mass is 35.5. The van der Waals surface area contributed by atoms with E-state index in [9.17, 15) is 0 Å². The fraction of sp³-hybridized carbons (Fsp3) is 0.500. The molecule has 1 N–H and O–H groups in total. The SMILES string of the molecule is CCNCc1oc2c(C)cc(Cl)cc2c1C(C)(C)C. The Bertz CT molecular complexity index is 593. The smallest absolute Gasteiger partial charge is 0.137 e. The average Bonchev–Trinajstić information content (AvgIpc) is 2.64. The van der Waals surface area contributed by atoms with Crippen LogP contribution in [0.2, 0.25) is 5.02 Å². The van der Waals surface area contributed by atoms with Gasteiger partial charge in [0.15, 0.2) is 0 Å². The van der Waals surface area contributed by atoms with Crippen molar-refractivity contribution >= 4 is 22.6 Å². The lowest BCUT2D eigenvalue weighted by molar-refractivity contribution is 0.486. The quantitative estimate of drug-likeness (QED) is 0.873. The summed E-state index contributed by atoms with van der Waals surface area (Å²) in [4.78, 5) is 0. The molecule has 0 fully saturated rings. The first-order chi connectivity index (χ1) is 8.84. The molecular weight excluding hydrogens is 258 g/mol. The monoisotopic (exact) mass is 279 g/mol. The van der Waals surface area contributed by atoms with Crippen LogP contribution in [-0.2, 0) is 12.0 Å². The van der Waals surface area contributed by atoms with Gasteiger partial charge in [-0.25, -0.2) is 0 Å². The predicted molar refractivity (Wildman–Crippen MR) is 82.0 cm³/mol. The Kier molecular flexibility index (Phi) is 3.93. The van der Waals surface area contributed by atoms with Crippen molar-refractivity contribution in [1.82, 2.24) is 5.32 Å². The Morgan fingerprint density at radius 3 is 2.53 bits per heavy atom. The number of aryl methyl sites for hydroxylation is 1. The van der Waals surface area contributed by atoms with E-state index in [0.29, 0.717) is 0 Å². The van der Waals surface area contributed by atoms with Gasteiger partial charge in [-0.2, -0.15) is 0 Å². The standard InChI is InChI=1S/C16H22ClNO/c1-6-18-9-13-14(16(3,4)5)12-8-11(17)7-10(2)15(12)19-13/h7-8,18H,6,9H2,1-5H3. The number of rotatable bonds is 3. The van der Waals surface area contributed by atoms with Crippen LogP contribution in [0.25, 0.3) is 11.0 Å². The fourth-order valence-electron chi connectivity index (χ4n) is 2.56. The largest absolute Gasteiger partial charge is 0.459 e. The summed E-state index contributed by atoms with van der Waals surface area (Å²) in [5, 5.41) is 5.26. The number of fused-ring (bicyclic) bond motifs is 1. The molecule has 0 bridgehead atoms. The van der Waals surface area contributed by atoms with Crippen molar-refractivity contribution in [3.63, 3.8) is 0 Å². The summed E-state index contributed by atoms with van der Waals surface area (Å²) in [6.45, 7) is 12.5. The van der Waals surface area contributed by atoms with Gasteiger partial charge < -0.3 is 9.73 Å². The number of nitrogens with one attached hydrogen (secondary N) is 1. The average molecular weight is 280 g/mol. The minimum atomic E-state index is 0.0348. The lowest BCUT2D eigenvalue weighted by Crippen LogP contribution is -2.18. The Morgan fingerprint density at radius 2 is 1.95 bits per heavy atom. The third-order valence-electron chi connectivity index (χ3n) is 3.30. The van der Waals surface area contributed by atoms with E-state index in [2.05, 4.69) is 33.0 Å². The molecular formula is C16H22ClNO. The van der Waals surface area contributed by atoms with Crippen molar-refractivity contribution in [3.8, 4) is 0 Å². The molecule has 0 aliphatic carbocycles. The van der Waals surface area contributed by atoms with Crippen LogP contribution < -0.4 is 5.32 Å². The molecule has 0 radical (unpaired) electrons. The number of hydrogen-bond donors (Lipinski definition) is 1. The van der Waals surface area contributed by atoms with Crippen molar-refractivity contribution in [1.29, 1.82) is 0 Å². The number of furan rings is 1. The highest BCUT2D eigenvalue weighted by Gasteiger charge is 2.25. The number of halogens is 1. The molecule has 104 valence electrons. The number of hydrogen-bond acceptors (Lipinski definition) is 2. The maximum atomic E-state index is 6.20. The molecule has 3 heteroatoms. The summed E-state index contributed by atoms with van der Waals surface area (Å²) in [6.07, 6.45) is 0. The summed E-state index contributed by atoms with van der Waals surface area (Å²) in [5.41, 5.74) is 3.35. The zero-order valence-corrected chi connectivity index (χ0v) is 13.1. The molecule has 0 atom stereocenters. The molecule has 2 rings (SSSR count).